The van der Waals surface area contributed by atoms with E-state index in [-0.39, 0.29) is 0 Å². The van der Waals surface area contributed by atoms with Crippen LogP contribution in [0.5, 0.6) is 5.75 Å². The number of pyridine rings is 1. The van der Waals surface area contributed by atoms with Gasteiger partial charge in [0.25, 0.3) is 0 Å². The van der Waals surface area contributed by atoms with E-state index < -0.39 is 0 Å². The van der Waals surface area contributed by atoms with E-state index in [9.17, 15) is 0 Å². The number of guanidine groups is 1. The maximum Gasteiger partial charge on any atom is 0.193 e. The van der Waals surface area contributed by atoms with Crippen LogP contribution in [-0.4, -0.2) is 24.1 Å². The highest BCUT2D eigenvalue weighted by Crippen LogP contribution is 2.22. The van der Waals surface area contributed by atoms with Crippen LogP contribution in [0.3, 0.4) is 0 Å². The molecule has 0 saturated carbocycles. The summed E-state index contributed by atoms with van der Waals surface area (Å²) in [5.74, 6) is 1.15. The van der Waals surface area contributed by atoms with Crippen molar-refractivity contribution >= 4 is 11.6 Å². The summed E-state index contributed by atoms with van der Waals surface area (Å²) in [7, 11) is 0. The number of aromatic nitrogens is 1. The first-order valence-corrected chi connectivity index (χ1v) is 7.95. The highest BCUT2D eigenvalue weighted by molar-refractivity contribution is 5.93. The van der Waals surface area contributed by atoms with Gasteiger partial charge in [0, 0.05) is 11.9 Å². The Kier molecular flexibility index (Phi) is 6.41. The molecule has 2 rings (SSSR count). The van der Waals surface area contributed by atoms with Crippen molar-refractivity contribution in [3.8, 4) is 5.75 Å². The van der Waals surface area contributed by atoms with Crippen molar-refractivity contribution in [1.29, 1.82) is 0 Å². The van der Waals surface area contributed by atoms with Crippen molar-refractivity contribution in [2.75, 3.05) is 18.5 Å². The Morgan fingerprint density at radius 1 is 1.17 bits per heavy atom. The topological polar surface area (TPSA) is 72.5 Å². The van der Waals surface area contributed by atoms with Crippen LogP contribution in [-0.2, 0) is 12.8 Å². The SMILES string of the molecule is CCc1cccc(CC)c1NC(N)=NCCOc1cccnc1. The summed E-state index contributed by atoms with van der Waals surface area (Å²) in [6.07, 6.45) is 5.29. The van der Waals surface area contributed by atoms with Gasteiger partial charge in [-0.15, -0.1) is 0 Å². The number of aliphatic imine (C=N–C) groups is 1. The quantitative estimate of drug-likeness (QED) is 0.468. The van der Waals surface area contributed by atoms with Gasteiger partial charge < -0.3 is 15.8 Å². The monoisotopic (exact) mass is 312 g/mol. The highest BCUT2D eigenvalue weighted by atomic mass is 16.5. The zero-order valence-corrected chi connectivity index (χ0v) is 13.7. The third kappa shape index (κ3) is 4.98. The predicted molar refractivity (Wildman–Crippen MR) is 95.0 cm³/mol. The van der Waals surface area contributed by atoms with Crippen molar-refractivity contribution in [3.05, 3.63) is 53.9 Å². The normalized spacial score (nSPS) is 11.3. The van der Waals surface area contributed by atoms with Crippen LogP contribution >= 0.6 is 0 Å². The smallest absolute Gasteiger partial charge is 0.193 e. The Morgan fingerprint density at radius 2 is 1.91 bits per heavy atom. The second kappa shape index (κ2) is 8.78. The van der Waals surface area contributed by atoms with E-state index in [1.165, 1.54) is 11.1 Å². The first-order valence-electron chi connectivity index (χ1n) is 7.95. The van der Waals surface area contributed by atoms with Gasteiger partial charge in [-0.1, -0.05) is 32.0 Å². The molecular formula is C18H24N4O. The molecule has 5 nitrogen and oxygen atoms in total. The molecular weight excluding hydrogens is 288 g/mol. The van der Waals surface area contributed by atoms with Crippen molar-refractivity contribution in [1.82, 2.24) is 4.98 Å². The van der Waals surface area contributed by atoms with E-state index in [4.69, 9.17) is 10.5 Å². The summed E-state index contributed by atoms with van der Waals surface area (Å²) in [6.45, 7) is 5.22. The Morgan fingerprint density at radius 3 is 2.52 bits per heavy atom. The number of anilines is 1. The van der Waals surface area contributed by atoms with Gasteiger partial charge in [0.15, 0.2) is 5.96 Å². The molecule has 0 radical (unpaired) electrons. The Hall–Kier alpha value is -2.56. The predicted octanol–water partition coefficient (Wildman–Crippen LogP) is 3.01. The van der Waals surface area contributed by atoms with Crippen molar-refractivity contribution in [2.45, 2.75) is 26.7 Å². The molecule has 0 unspecified atom stereocenters. The Balaban J connectivity index is 1.92. The lowest BCUT2D eigenvalue weighted by molar-refractivity contribution is 0.327. The number of hydrogen-bond donors (Lipinski definition) is 2. The molecule has 1 aromatic heterocycles. The van der Waals surface area contributed by atoms with Gasteiger partial charge in [-0.3, -0.25) is 4.98 Å². The molecule has 0 atom stereocenters. The lowest BCUT2D eigenvalue weighted by Crippen LogP contribution is -2.25. The van der Waals surface area contributed by atoms with E-state index in [2.05, 4.69) is 47.3 Å². The minimum atomic E-state index is 0.412. The summed E-state index contributed by atoms with van der Waals surface area (Å²) in [5.41, 5.74) is 9.57. The number of aryl methyl sites for hydroxylation is 2. The van der Waals surface area contributed by atoms with Gasteiger partial charge in [0.05, 0.1) is 12.7 Å². The number of nitrogens with two attached hydrogens (primary N) is 1. The standard InChI is InChI=1S/C18H24N4O/c1-3-14-7-5-8-15(4-2)17(14)22-18(19)21-11-12-23-16-9-6-10-20-13-16/h5-10,13H,3-4,11-12H2,1-2H3,(H3,19,21,22). The van der Waals surface area contributed by atoms with Gasteiger partial charge in [-0.2, -0.15) is 0 Å². The van der Waals surface area contributed by atoms with E-state index >= 15 is 0 Å². The summed E-state index contributed by atoms with van der Waals surface area (Å²) in [6, 6.07) is 10.0. The average Bonchev–Trinajstić information content (AvgIpc) is 2.60. The second-order valence-electron chi connectivity index (χ2n) is 5.09. The fourth-order valence-corrected chi connectivity index (χ4v) is 2.33. The van der Waals surface area contributed by atoms with Gasteiger partial charge in [0.1, 0.15) is 12.4 Å². The third-order valence-electron chi connectivity index (χ3n) is 3.53. The molecule has 0 saturated heterocycles. The molecule has 5 heteroatoms. The molecule has 0 bridgehead atoms. The van der Waals surface area contributed by atoms with Crippen molar-refractivity contribution in [3.63, 3.8) is 0 Å². The van der Waals surface area contributed by atoms with Crippen LogP contribution in [0.4, 0.5) is 5.69 Å². The van der Waals surface area contributed by atoms with Crippen LogP contribution in [0.25, 0.3) is 0 Å². The largest absolute Gasteiger partial charge is 0.490 e. The molecule has 0 spiro atoms. The van der Waals surface area contributed by atoms with Crippen LogP contribution in [0.2, 0.25) is 0 Å². The van der Waals surface area contributed by atoms with Gasteiger partial charge in [-0.25, -0.2) is 4.99 Å². The zero-order valence-electron chi connectivity index (χ0n) is 13.7. The van der Waals surface area contributed by atoms with Gasteiger partial charge in [-0.05, 0) is 36.1 Å². The number of benzene rings is 1. The minimum absolute atomic E-state index is 0.412. The van der Waals surface area contributed by atoms with Crippen molar-refractivity contribution in [2.24, 2.45) is 10.7 Å². The van der Waals surface area contributed by atoms with Crippen molar-refractivity contribution < 1.29 is 4.74 Å². The molecule has 1 aromatic carbocycles. The van der Waals surface area contributed by atoms with E-state index in [1.54, 1.807) is 12.4 Å². The van der Waals surface area contributed by atoms with E-state index in [1.807, 2.05) is 12.1 Å². The maximum atomic E-state index is 6.00. The fraction of sp³-hybridized carbons (Fsp3) is 0.333. The lowest BCUT2D eigenvalue weighted by Gasteiger charge is -2.14. The first kappa shape index (κ1) is 16.8. The van der Waals surface area contributed by atoms with Crippen LogP contribution < -0.4 is 15.8 Å². The molecule has 3 N–H and O–H groups in total. The van der Waals surface area contributed by atoms with Gasteiger partial charge >= 0.3 is 0 Å². The molecule has 23 heavy (non-hydrogen) atoms. The molecule has 122 valence electrons. The first-order chi connectivity index (χ1) is 11.2. The molecule has 0 aliphatic rings. The molecule has 2 aromatic rings. The zero-order chi connectivity index (χ0) is 16.5. The summed E-state index contributed by atoms with van der Waals surface area (Å²) < 4.78 is 5.54. The van der Waals surface area contributed by atoms with Crippen LogP contribution in [0, 0.1) is 0 Å². The maximum absolute atomic E-state index is 6.00. The molecule has 0 amide bonds. The molecule has 0 aliphatic heterocycles. The Bertz CT molecular complexity index is 618. The minimum Gasteiger partial charge on any atom is -0.490 e. The number of hydrogen-bond acceptors (Lipinski definition) is 3. The molecule has 0 aliphatic carbocycles. The van der Waals surface area contributed by atoms with Crippen LogP contribution in [0.15, 0.2) is 47.7 Å². The number of nitrogens with one attached hydrogen (secondary N) is 1. The number of ether oxygens (including phenoxy) is 1. The number of para-hydroxylation sites is 1. The molecule has 1 heterocycles. The Labute approximate surface area is 137 Å². The van der Waals surface area contributed by atoms with Gasteiger partial charge in [0.2, 0.25) is 0 Å². The molecule has 0 fully saturated rings. The van der Waals surface area contributed by atoms with Crippen LogP contribution in [0.1, 0.15) is 25.0 Å². The lowest BCUT2D eigenvalue weighted by atomic mass is 10.0. The fourth-order valence-electron chi connectivity index (χ4n) is 2.33. The number of nitrogens with zero attached hydrogens (tertiary/aromatic N) is 2. The number of rotatable bonds is 7. The third-order valence-corrected chi connectivity index (χ3v) is 3.53. The summed E-state index contributed by atoms with van der Waals surface area (Å²) >= 11 is 0. The van der Waals surface area contributed by atoms with E-state index in [0.29, 0.717) is 19.1 Å². The average molecular weight is 312 g/mol. The second-order valence-corrected chi connectivity index (χ2v) is 5.09. The highest BCUT2D eigenvalue weighted by Gasteiger charge is 2.06. The summed E-state index contributed by atoms with van der Waals surface area (Å²) in [4.78, 5) is 8.32. The summed E-state index contributed by atoms with van der Waals surface area (Å²) in [5, 5.41) is 3.24. The van der Waals surface area contributed by atoms with E-state index in [0.717, 1.165) is 24.3 Å².